The van der Waals surface area contributed by atoms with Crippen LogP contribution in [-0.2, 0) is 61.7 Å². The number of hydrogen-bond donors (Lipinski definition) is 19. The molecule has 0 aliphatic carbocycles. The van der Waals surface area contributed by atoms with Crippen molar-refractivity contribution in [2.45, 2.75) is 205 Å². The summed E-state index contributed by atoms with van der Waals surface area (Å²) in [6.07, 6.45) is -51.9. The topological polar surface area (TPSA) is 504 Å². The largest absolute Gasteiger partial charge is 0.394 e. The second-order valence-electron chi connectivity index (χ2n) is 18.2. The van der Waals surface area contributed by atoms with E-state index in [9.17, 15) is 96.4 Å². The molecule has 0 aromatic carbocycles. The summed E-state index contributed by atoms with van der Waals surface area (Å²) >= 11 is 0. The molecule has 72 heavy (non-hydrogen) atoms. The average Bonchev–Trinajstić information content (AvgIpc) is 3.34. The Morgan fingerprint density at radius 3 is 1.19 bits per heavy atom. The standard InChI is InChI=1S/C40H68N2O30/c1-9-19(50)24(55)27(58)38(62-9)68-30-16(8-47)67-36(17(23(30)54)41-10(2)48)71-33-21(52)14(6-45)66-40(29(33)60)70-32-18(42-11(3)49)37(64-12(4-43)20(32)51)72-34-22(53)13(5-44)65-39(28(34)59)69-31-15(7-46)63-35(61)26(57)25(31)56/h9,12-40,43-47,50-61H,4-8H2,1-3H3,(H,41,48)(H,42,49)/t9-,12+,13+,14+,15+,16+,17+,18+,19+,20+,21-,22-,23+,24+,25+,26+,27-,28+,29+,30+,31+,32+,33-,34-,35+,36-,37-,38-,39-,40-/m0/s1. The molecule has 0 radical (unpaired) electrons. The predicted molar refractivity (Wildman–Crippen MR) is 221 cm³/mol. The third-order valence-electron chi connectivity index (χ3n) is 13.2. The van der Waals surface area contributed by atoms with Gasteiger partial charge in [0.1, 0.15) is 140 Å². The first kappa shape index (κ1) is 59.1. The van der Waals surface area contributed by atoms with Crippen molar-refractivity contribution in [3.63, 3.8) is 0 Å². The lowest BCUT2D eigenvalue weighted by Crippen LogP contribution is -2.71. The number of rotatable bonds is 17. The van der Waals surface area contributed by atoms with Crippen LogP contribution in [0.15, 0.2) is 0 Å². The number of carbonyl (C=O) groups excluding carboxylic acids is 2. The summed E-state index contributed by atoms with van der Waals surface area (Å²) in [5, 5.41) is 187. The highest BCUT2D eigenvalue weighted by Crippen LogP contribution is 2.37. The van der Waals surface area contributed by atoms with Crippen LogP contribution in [0.4, 0.5) is 0 Å². The second kappa shape index (κ2) is 25.3. The molecular weight excluding hydrogens is 988 g/mol. The molecule has 32 nitrogen and oxygen atoms in total. The smallest absolute Gasteiger partial charge is 0.217 e. The van der Waals surface area contributed by atoms with Crippen LogP contribution in [0, 0.1) is 0 Å². The summed E-state index contributed by atoms with van der Waals surface area (Å²) in [5.74, 6) is -1.68. The molecule has 0 aromatic rings. The number of nitrogens with one attached hydrogen (secondary N) is 2. The zero-order valence-corrected chi connectivity index (χ0v) is 38.8. The van der Waals surface area contributed by atoms with E-state index >= 15 is 0 Å². The third kappa shape index (κ3) is 12.5. The number of carbonyl (C=O) groups is 2. The first-order chi connectivity index (χ1) is 34.0. The highest BCUT2D eigenvalue weighted by molar-refractivity contribution is 5.73. The molecule has 19 N–H and O–H groups in total. The zero-order valence-electron chi connectivity index (χ0n) is 38.8. The monoisotopic (exact) mass is 1060 g/mol. The highest BCUT2D eigenvalue weighted by atomic mass is 16.8. The minimum absolute atomic E-state index is 0.807. The van der Waals surface area contributed by atoms with Gasteiger partial charge >= 0.3 is 0 Å². The van der Waals surface area contributed by atoms with E-state index < -0.39 is 229 Å². The molecule has 6 fully saturated rings. The van der Waals surface area contributed by atoms with Crippen LogP contribution < -0.4 is 10.6 Å². The fourth-order valence-electron chi connectivity index (χ4n) is 9.26. The molecule has 2 amide bonds. The van der Waals surface area contributed by atoms with Gasteiger partial charge in [0, 0.05) is 13.8 Å². The van der Waals surface area contributed by atoms with Crippen molar-refractivity contribution in [2.75, 3.05) is 33.0 Å². The fraction of sp³-hybridized carbons (Fsp3) is 0.950. The van der Waals surface area contributed by atoms with Crippen LogP contribution in [0.1, 0.15) is 20.8 Å². The molecule has 30 atom stereocenters. The normalized spacial score (nSPS) is 50.3. The summed E-state index contributed by atoms with van der Waals surface area (Å²) in [7, 11) is 0. The maximum Gasteiger partial charge on any atom is 0.217 e. The summed E-state index contributed by atoms with van der Waals surface area (Å²) in [4.78, 5) is 25.2. The van der Waals surface area contributed by atoms with Crippen molar-refractivity contribution in [3.8, 4) is 0 Å². The SMILES string of the molecule is CC(=O)N[C@H]1[C@H](O[C@H]2[C@@H](O)[C@@H](CO)O[C@@H](O[C@H]3[C@H](O)[C@@H](CO)O[C@@H](O[C@H]4[C@@H](O)[C@@H](CO)O[C@@H](O[C@H]5[C@H](O)[C@@H](O)[C@H](O)O[C@@H]5CO)[C@@H]4O)[C@@H]3NC(C)=O)[C@@H]2O)O[C@H](CO)[C@@H](O[C@@H]2O[C@@H](C)[C@@H](O)[C@@H](O)[C@@H]2O)[C@@H]1O. The molecule has 6 saturated heterocycles. The summed E-state index contributed by atoms with van der Waals surface area (Å²) in [6.45, 7) is -1.52. The summed E-state index contributed by atoms with van der Waals surface area (Å²) in [6, 6.07) is -3.50. The Morgan fingerprint density at radius 1 is 0.361 bits per heavy atom. The van der Waals surface area contributed by atoms with Gasteiger partial charge in [-0.3, -0.25) is 9.59 Å². The van der Waals surface area contributed by atoms with E-state index in [0.29, 0.717) is 0 Å². The van der Waals surface area contributed by atoms with Gasteiger partial charge in [-0.25, -0.2) is 0 Å². The van der Waals surface area contributed by atoms with Crippen LogP contribution in [0.25, 0.3) is 0 Å². The van der Waals surface area contributed by atoms with Crippen LogP contribution in [-0.4, -0.2) is 316 Å². The van der Waals surface area contributed by atoms with Crippen molar-refractivity contribution < 1.29 is 149 Å². The van der Waals surface area contributed by atoms with Gasteiger partial charge < -0.3 is 150 Å². The van der Waals surface area contributed by atoms with Crippen molar-refractivity contribution >= 4 is 11.8 Å². The maximum atomic E-state index is 12.8. The van der Waals surface area contributed by atoms with Gasteiger partial charge in [-0.2, -0.15) is 0 Å². The quantitative estimate of drug-likeness (QED) is 0.0643. The van der Waals surface area contributed by atoms with E-state index in [4.69, 9.17) is 52.1 Å². The molecule has 6 aliphatic heterocycles. The number of aliphatic hydroxyl groups is 17. The molecule has 6 rings (SSSR count). The molecule has 6 aliphatic rings. The Labute approximate surface area is 408 Å². The second-order valence-corrected chi connectivity index (χ2v) is 18.2. The Morgan fingerprint density at radius 2 is 0.722 bits per heavy atom. The number of ether oxygens (including phenoxy) is 11. The lowest BCUT2D eigenvalue weighted by Gasteiger charge is -2.51. The molecule has 0 unspecified atom stereocenters. The highest BCUT2D eigenvalue weighted by Gasteiger charge is 2.58. The van der Waals surface area contributed by atoms with Gasteiger partial charge in [0.05, 0.1) is 39.1 Å². The molecule has 32 heteroatoms. The van der Waals surface area contributed by atoms with Gasteiger partial charge in [0.15, 0.2) is 37.7 Å². The van der Waals surface area contributed by atoms with E-state index in [2.05, 4.69) is 10.6 Å². The van der Waals surface area contributed by atoms with Crippen molar-refractivity contribution in [2.24, 2.45) is 0 Å². The van der Waals surface area contributed by atoms with E-state index in [-0.39, 0.29) is 0 Å². The van der Waals surface area contributed by atoms with E-state index in [1.807, 2.05) is 0 Å². The van der Waals surface area contributed by atoms with Gasteiger partial charge in [0.25, 0.3) is 0 Å². The molecule has 0 saturated carbocycles. The lowest BCUT2D eigenvalue weighted by molar-refractivity contribution is -0.385. The lowest BCUT2D eigenvalue weighted by atomic mass is 9.93. The van der Waals surface area contributed by atoms with Crippen molar-refractivity contribution in [3.05, 3.63) is 0 Å². The summed E-state index contributed by atoms with van der Waals surface area (Å²) < 4.78 is 62.8. The Kier molecular flexibility index (Phi) is 20.8. The van der Waals surface area contributed by atoms with E-state index in [0.717, 1.165) is 13.8 Å². The van der Waals surface area contributed by atoms with E-state index in [1.54, 1.807) is 0 Å². The Bertz CT molecular complexity index is 1730. The first-order valence-electron chi connectivity index (χ1n) is 23.0. The third-order valence-corrected chi connectivity index (χ3v) is 13.2. The van der Waals surface area contributed by atoms with Crippen LogP contribution >= 0.6 is 0 Å². The van der Waals surface area contributed by atoms with Crippen LogP contribution in [0.5, 0.6) is 0 Å². The molecular formula is C40H68N2O30. The number of hydrogen-bond acceptors (Lipinski definition) is 30. The van der Waals surface area contributed by atoms with Gasteiger partial charge in [-0.05, 0) is 6.92 Å². The summed E-state index contributed by atoms with van der Waals surface area (Å²) in [5.41, 5.74) is 0. The minimum atomic E-state index is -2.23. The van der Waals surface area contributed by atoms with Gasteiger partial charge in [-0.15, -0.1) is 0 Å². The predicted octanol–water partition coefficient (Wildman–Crippen LogP) is -12.8. The van der Waals surface area contributed by atoms with Crippen LogP contribution in [0.3, 0.4) is 0 Å². The van der Waals surface area contributed by atoms with E-state index in [1.165, 1.54) is 6.92 Å². The maximum absolute atomic E-state index is 12.8. The van der Waals surface area contributed by atoms with Gasteiger partial charge in [0.2, 0.25) is 11.8 Å². The van der Waals surface area contributed by atoms with Crippen LogP contribution in [0.2, 0.25) is 0 Å². The fourth-order valence-corrected chi connectivity index (χ4v) is 9.26. The number of amides is 2. The van der Waals surface area contributed by atoms with Crippen molar-refractivity contribution in [1.82, 2.24) is 10.6 Å². The Hall–Kier alpha value is -2.18. The van der Waals surface area contributed by atoms with Crippen molar-refractivity contribution in [1.29, 1.82) is 0 Å². The molecule has 0 aromatic heterocycles. The molecule has 0 spiro atoms. The molecule has 0 bridgehead atoms. The zero-order chi connectivity index (χ0) is 53.2. The minimum Gasteiger partial charge on any atom is -0.394 e. The molecule has 418 valence electrons. The Balaban J connectivity index is 1.25. The van der Waals surface area contributed by atoms with Gasteiger partial charge in [-0.1, -0.05) is 0 Å². The molecule has 6 heterocycles. The average molecular weight is 1060 g/mol. The first-order valence-corrected chi connectivity index (χ1v) is 23.0. The number of aliphatic hydroxyl groups excluding tert-OH is 17.